The minimum Gasteiger partial charge on any atom is -0.483 e. The lowest BCUT2D eigenvalue weighted by molar-refractivity contribution is 0.173. The van der Waals surface area contributed by atoms with Crippen molar-refractivity contribution >= 4 is 11.3 Å². The first kappa shape index (κ1) is 14.0. The molecule has 2 nitrogen and oxygen atoms in total. The Kier molecular flexibility index (Phi) is 4.56. The summed E-state index contributed by atoms with van der Waals surface area (Å²) in [6, 6.07) is 8.42. The van der Waals surface area contributed by atoms with Crippen molar-refractivity contribution in [3.05, 3.63) is 52.0 Å². The van der Waals surface area contributed by atoms with E-state index >= 15 is 0 Å². The maximum absolute atomic E-state index is 13.3. The van der Waals surface area contributed by atoms with Gasteiger partial charge < -0.3 is 10.5 Å². The quantitative estimate of drug-likeness (QED) is 0.896. The van der Waals surface area contributed by atoms with Crippen LogP contribution in [0.1, 0.15) is 29.9 Å². The summed E-state index contributed by atoms with van der Waals surface area (Å²) in [5.41, 5.74) is 7.04. The van der Waals surface area contributed by atoms with Crippen LogP contribution in [0, 0.1) is 12.7 Å². The van der Waals surface area contributed by atoms with Crippen LogP contribution in [0.2, 0.25) is 0 Å². The fraction of sp³-hybridized carbons (Fsp3) is 0.333. The summed E-state index contributed by atoms with van der Waals surface area (Å²) in [6.45, 7) is 3.92. The van der Waals surface area contributed by atoms with E-state index in [1.54, 1.807) is 17.4 Å². The highest BCUT2D eigenvalue weighted by molar-refractivity contribution is 7.10. The maximum atomic E-state index is 13.3. The van der Waals surface area contributed by atoms with Crippen molar-refractivity contribution in [2.45, 2.75) is 32.4 Å². The van der Waals surface area contributed by atoms with Crippen LogP contribution in [0.3, 0.4) is 0 Å². The monoisotopic (exact) mass is 279 g/mol. The van der Waals surface area contributed by atoms with Crippen molar-refractivity contribution in [1.82, 2.24) is 0 Å². The van der Waals surface area contributed by atoms with Gasteiger partial charge in [0.1, 0.15) is 17.7 Å². The molecule has 0 spiro atoms. The Morgan fingerprint density at radius 2 is 2.16 bits per heavy atom. The third-order valence-electron chi connectivity index (χ3n) is 3.09. The van der Waals surface area contributed by atoms with Gasteiger partial charge >= 0.3 is 0 Å². The summed E-state index contributed by atoms with van der Waals surface area (Å²) < 4.78 is 19.3. The Labute approximate surface area is 117 Å². The molecule has 0 saturated carbocycles. The first-order valence-electron chi connectivity index (χ1n) is 6.33. The van der Waals surface area contributed by atoms with Gasteiger partial charge in [0.05, 0.1) is 0 Å². The molecule has 0 radical (unpaired) electrons. The van der Waals surface area contributed by atoms with Crippen molar-refractivity contribution in [1.29, 1.82) is 0 Å². The zero-order valence-electron chi connectivity index (χ0n) is 11.1. The number of hydrogen-bond acceptors (Lipinski definition) is 3. The van der Waals surface area contributed by atoms with Crippen LogP contribution in [0.5, 0.6) is 5.75 Å². The third-order valence-corrected chi connectivity index (χ3v) is 4.02. The largest absolute Gasteiger partial charge is 0.483 e. The topological polar surface area (TPSA) is 35.2 Å². The Balaban J connectivity index is 2.28. The minimum atomic E-state index is -0.296. The van der Waals surface area contributed by atoms with Crippen LogP contribution in [0.4, 0.5) is 4.39 Å². The molecule has 2 aromatic rings. The lowest BCUT2D eigenvalue weighted by Crippen LogP contribution is -2.31. The van der Waals surface area contributed by atoms with Gasteiger partial charge in [-0.1, -0.05) is 19.1 Å². The van der Waals surface area contributed by atoms with E-state index in [9.17, 15) is 4.39 Å². The van der Waals surface area contributed by atoms with Gasteiger partial charge in [0.2, 0.25) is 0 Å². The predicted molar refractivity (Wildman–Crippen MR) is 77.1 cm³/mol. The summed E-state index contributed by atoms with van der Waals surface area (Å²) in [4.78, 5) is 1.07. The smallest absolute Gasteiger partial charge is 0.148 e. The molecule has 19 heavy (non-hydrogen) atoms. The first-order chi connectivity index (χ1) is 9.11. The van der Waals surface area contributed by atoms with Gasteiger partial charge in [-0.25, -0.2) is 4.39 Å². The molecule has 0 aliphatic carbocycles. The highest BCUT2D eigenvalue weighted by atomic mass is 32.1. The minimum absolute atomic E-state index is 0.110. The molecule has 1 aromatic heterocycles. The zero-order valence-corrected chi connectivity index (χ0v) is 11.9. The number of hydrogen-bond donors (Lipinski definition) is 1. The fourth-order valence-corrected chi connectivity index (χ4v) is 2.69. The number of nitrogens with two attached hydrogens (primary N) is 1. The molecule has 102 valence electrons. The van der Waals surface area contributed by atoms with Gasteiger partial charge in [-0.3, -0.25) is 0 Å². The van der Waals surface area contributed by atoms with Gasteiger partial charge in [0.25, 0.3) is 0 Å². The number of benzene rings is 1. The lowest BCUT2D eigenvalue weighted by Gasteiger charge is -2.24. The van der Waals surface area contributed by atoms with Crippen molar-refractivity contribution in [2.24, 2.45) is 5.73 Å². The van der Waals surface area contributed by atoms with E-state index in [1.165, 1.54) is 12.1 Å². The van der Waals surface area contributed by atoms with Crippen molar-refractivity contribution < 1.29 is 9.13 Å². The van der Waals surface area contributed by atoms with Gasteiger partial charge in [-0.15, -0.1) is 11.3 Å². The number of thiophene rings is 1. The van der Waals surface area contributed by atoms with E-state index in [2.05, 4.69) is 0 Å². The molecule has 2 atom stereocenters. The van der Waals surface area contributed by atoms with Crippen LogP contribution in [-0.2, 0) is 0 Å². The van der Waals surface area contributed by atoms with Crippen LogP contribution in [0.25, 0.3) is 0 Å². The van der Waals surface area contributed by atoms with Gasteiger partial charge in [0.15, 0.2) is 0 Å². The molecular weight excluding hydrogens is 261 g/mol. The lowest BCUT2D eigenvalue weighted by atomic mass is 10.1. The normalized spacial score (nSPS) is 14.1. The van der Waals surface area contributed by atoms with Gasteiger partial charge in [0, 0.05) is 17.0 Å². The molecule has 0 aliphatic heterocycles. The molecule has 0 saturated heterocycles. The molecule has 2 unspecified atom stereocenters. The van der Waals surface area contributed by atoms with E-state index in [4.69, 9.17) is 10.5 Å². The third kappa shape index (κ3) is 3.33. The van der Waals surface area contributed by atoms with Crippen LogP contribution >= 0.6 is 11.3 Å². The molecular formula is C15H18FNOS. The number of aryl methyl sites for hydroxylation is 1. The predicted octanol–water partition coefficient (Wildman–Crippen LogP) is 4.05. The molecule has 0 aliphatic rings. The number of ether oxygens (including phenoxy) is 1. The molecule has 1 heterocycles. The Morgan fingerprint density at radius 3 is 2.79 bits per heavy atom. The van der Waals surface area contributed by atoms with E-state index in [0.29, 0.717) is 5.75 Å². The summed E-state index contributed by atoms with van der Waals surface area (Å²) in [7, 11) is 0. The van der Waals surface area contributed by atoms with Crippen LogP contribution in [-0.4, -0.2) is 6.04 Å². The number of rotatable bonds is 5. The first-order valence-corrected chi connectivity index (χ1v) is 7.21. The van der Waals surface area contributed by atoms with Crippen LogP contribution in [0.15, 0.2) is 35.7 Å². The fourth-order valence-electron chi connectivity index (χ4n) is 1.86. The Bertz CT molecular complexity index is 527. The molecule has 1 aromatic carbocycles. The summed E-state index contributed by atoms with van der Waals surface area (Å²) >= 11 is 1.61. The molecule has 0 fully saturated rings. The average molecular weight is 279 g/mol. The van der Waals surface area contributed by atoms with Gasteiger partial charge in [-0.2, -0.15) is 0 Å². The molecule has 2 N–H and O–H groups in total. The Hall–Kier alpha value is -1.39. The maximum Gasteiger partial charge on any atom is 0.148 e. The summed E-state index contributed by atoms with van der Waals surface area (Å²) in [5, 5.41) is 1.99. The molecule has 4 heteroatoms. The highest BCUT2D eigenvalue weighted by Crippen LogP contribution is 2.30. The zero-order chi connectivity index (χ0) is 13.8. The van der Waals surface area contributed by atoms with E-state index < -0.39 is 0 Å². The molecule has 0 amide bonds. The summed E-state index contributed by atoms with van der Waals surface area (Å²) in [6.07, 6.45) is 0.571. The van der Waals surface area contributed by atoms with E-state index in [0.717, 1.165) is 16.9 Å². The highest BCUT2D eigenvalue weighted by Gasteiger charge is 2.22. The SMILES string of the molecule is CCC(N)C(Oc1cc(F)ccc1C)c1cccs1. The van der Waals surface area contributed by atoms with Gasteiger partial charge in [-0.05, 0) is 36.4 Å². The number of halogens is 1. The van der Waals surface area contributed by atoms with Crippen LogP contribution < -0.4 is 10.5 Å². The Morgan fingerprint density at radius 1 is 1.37 bits per heavy atom. The van der Waals surface area contributed by atoms with Crippen molar-refractivity contribution in [3.63, 3.8) is 0 Å². The average Bonchev–Trinajstić information content (AvgIpc) is 2.92. The second-order valence-corrected chi connectivity index (χ2v) is 5.52. The summed E-state index contributed by atoms with van der Waals surface area (Å²) in [5.74, 6) is 0.262. The van der Waals surface area contributed by atoms with Crippen molar-refractivity contribution in [3.8, 4) is 5.75 Å². The van der Waals surface area contributed by atoms with E-state index in [-0.39, 0.29) is 18.0 Å². The standard InChI is InChI=1S/C15H18FNOS/c1-3-12(17)15(14-5-4-8-19-14)18-13-9-11(16)7-6-10(13)2/h4-9,12,15H,3,17H2,1-2H3. The second-order valence-electron chi connectivity index (χ2n) is 4.54. The molecule has 2 rings (SSSR count). The second kappa shape index (κ2) is 6.17. The van der Waals surface area contributed by atoms with E-state index in [1.807, 2.05) is 31.4 Å². The molecule has 0 bridgehead atoms. The van der Waals surface area contributed by atoms with Crippen molar-refractivity contribution in [2.75, 3.05) is 0 Å².